The first-order valence-corrected chi connectivity index (χ1v) is 5.26. The predicted molar refractivity (Wildman–Crippen MR) is 53.7 cm³/mol. The van der Waals surface area contributed by atoms with Gasteiger partial charge in [-0.05, 0) is 39.8 Å². The molecular weight excluding hydrogens is 168 g/mol. The highest BCUT2D eigenvalue weighted by atomic mass is 32.1. The molecule has 0 spiro atoms. The third-order valence-electron chi connectivity index (χ3n) is 1.73. The Morgan fingerprint density at radius 3 is 2.92 bits per heavy atom. The number of aromatic nitrogens is 1. The molecule has 0 bridgehead atoms. The lowest BCUT2D eigenvalue weighted by Gasteiger charge is -1.96. The SMILES string of the molecule is CNCCCCc1nc(C)cs1. The lowest BCUT2D eigenvalue weighted by Crippen LogP contribution is -2.07. The zero-order valence-corrected chi connectivity index (χ0v) is 8.58. The first-order valence-electron chi connectivity index (χ1n) is 4.38. The van der Waals surface area contributed by atoms with E-state index in [9.17, 15) is 0 Å². The number of aryl methyl sites for hydroxylation is 2. The van der Waals surface area contributed by atoms with Crippen molar-refractivity contribution >= 4 is 11.3 Å². The molecule has 1 aromatic heterocycles. The average molecular weight is 184 g/mol. The zero-order chi connectivity index (χ0) is 8.81. The van der Waals surface area contributed by atoms with Crippen molar-refractivity contribution < 1.29 is 0 Å². The number of rotatable bonds is 5. The van der Waals surface area contributed by atoms with Gasteiger partial charge in [0.2, 0.25) is 0 Å². The van der Waals surface area contributed by atoms with Crippen molar-refractivity contribution in [2.45, 2.75) is 26.2 Å². The lowest BCUT2D eigenvalue weighted by atomic mass is 10.2. The van der Waals surface area contributed by atoms with Crippen LogP contribution < -0.4 is 5.32 Å². The van der Waals surface area contributed by atoms with Crippen LogP contribution in [0.25, 0.3) is 0 Å². The van der Waals surface area contributed by atoms with Gasteiger partial charge in [-0.2, -0.15) is 0 Å². The second-order valence-electron chi connectivity index (χ2n) is 2.94. The molecular formula is C9H16N2S. The average Bonchev–Trinajstić information content (AvgIpc) is 2.45. The first kappa shape index (κ1) is 9.68. The molecule has 12 heavy (non-hydrogen) atoms. The minimum atomic E-state index is 1.12. The van der Waals surface area contributed by atoms with Crippen LogP contribution in [0.2, 0.25) is 0 Å². The molecule has 0 radical (unpaired) electrons. The number of nitrogens with one attached hydrogen (secondary N) is 1. The van der Waals surface area contributed by atoms with Crippen molar-refractivity contribution in [3.05, 3.63) is 16.1 Å². The predicted octanol–water partition coefficient (Wildman–Crippen LogP) is 1.99. The zero-order valence-electron chi connectivity index (χ0n) is 7.76. The van der Waals surface area contributed by atoms with Crippen molar-refractivity contribution in [3.63, 3.8) is 0 Å². The summed E-state index contributed by atoms with van der Waals surface area (Å²) in [5.41, 5.74) is 1.16. The molecule has 1 heterocycles. The summed E-state index contributed by atoms with van der Waals surface area (Å²) in [5.74, 6) is 0. The van der Waals surface area contributed by atoms with Crippen LogP contribution in [0, 0.1) is 6.92 Å². The van der Waals surface area contributed by atoms with Crippen molar-refractivity contribution in [2.75, 3.05) is 13.6 Å². The van der Waals surface area contributed by atoms with Crippen molar-refractivity contribution in [3.8, 4) is 0 Å². The van der Waals surface area contributed by atoms with Crippen LogP contribution in [-0.2, 0) is 6.42 Å². The van der Waals surface area contributed by atoms with E-state index in [2.05, 4.69) is 15.7 Å². The summed E-state index contributed by atoms with van der Waals surface area (Å²) in [6.07, 6.45) is 3.63. The maximum atomic E-state index is 4.41. The Balaban J connectivity index is 2.15. The van der Waals surface area contributed by atoms with Crippen LogP contribution in [0.15, 0.2) is 5.38 Å². The summed E-state index contributed by atoms with van der Waals surface area (Å²) in [6.45, 7) is 3.16. The van der Waals surface area contributed by atoms with Gasteiger partial charge in [0.15, 0.2) is 0 Å². The second-order valence-corrected chi connectivity index (χ2v) is 3.89. The Morgan fingerprint density at radius 2 is 2.33 bits per heavy atom. The van der Waals surface area contributed by atoms with E-state index in [0.717, 1.165) is 18.7 Å². The van der Waals surface area contributed by atoms with Gasteiger partial charge in [0.25, 0.3) is 0 Å². The monoisotopic (exact) mass is 184 g/mol. The highest BCUT2D eigenvalue weighted by molar-refractivity contribution is 7.09. The van der Waals surface area contributed by atoms with E-state index in [1.54, 1.807) is 11.3 Å². The van der Waals surface area contributed by atoms with E-state index in [4.69, 9.17) is 0 Å². The Labute approximate surface area is 78.0 Å². The topological polar surface area (TPSA) is 24.9 Å². The van der Waals surface area contributed by atoms with Crippen molar-refractivity contribution in [1.29, 1.82) is 0 Å². The van der Waals surface area contributed by atoms with Gasteiger partial charge in [-0.3, -0.25) is 0 Å². The molecule has 0 fully saturated rings. The van der Waals surface area contributed by atoms with Crippen LogP contribution in [-0.4, -0.2) is 18.6 Å². The standard InChI is InChI=1S/C9H16N2S/c1-8-7-12-9(11-8)5-3-4-6-10-2/h7,10H,3-6H2,1-2H3. The molecule has 1 aromatic rings. The molecule has 1 N–H and O–H groups in total. The number of hydrogen-bond donors (Lipinski definition) is 1. The Morgan fingerprint density at radius 1 is 1.50 bits per heavy atom. The first-order chi connectivity index (χ1) is 5.83. The molecule has 0 aliphatic rings. The molecule has 68 valence electrons. The van der Waals surface area contributed by atoms with E-state index < -0.39 is 0 Å². The summed E-state index contributed by atoms with van der Waals surface area (Å²) >= 11 is 1.78. The lowest BCUT2D eigenvalue weighted by molar-refractivity contribution is 0.675. The summed E-state index contributed by atoms with van der Waals surface area (Å²) in [5, 5.41) is 6.54. The van der Waals surface area contributed by atoms with E-state index in [1.807, 2.05) is 14.0 Å². The molecule has 0 aromatic carbocycles. The van der Waals surface area contributed by atoms with Gasteiger partial charge in [0.05, 0.1) is 5.01 Å². The summed E-state index contributed by atoms with van der Waals surface area (Å²) in [7, 11) is 1.99. The molecule has 0 saturated carbocycles. The molecule has 0 aliphatic heterocycles. The van der Waals surface area contributed by atoms with Crippen LogP contribution >= 0.6 is 11.3 Å². The molecule has 0 atom stereocenters. The van der Waals surface area contributed by atoms with Crippen LogP contribution in [0.3, 0.4) is 0 Å². The smallest absolute Gasteiger partial charge is 0.0928 e. The fraction of sp³-hybridized carbons (Fsp3) is 0.667. The largest absolute Gasteiger partial charge is 0.320 e. The minimum absolute atomic E-state index is 1.12. The van der Waals surface area contributed by atoms with Gasteiger partial charge in [0, 0.05) is 11.1 Å². The van der Waals surface area contributed by atoms with Gasteiger partial charge >= 0.3 is 0 Å². The van der Waals surface area contributed by atoms with Crippen LogP contribution in [0.1, 0.15) is 23.5 Å². The molecule has 2 nitrogen and oxygen atoms in total. The Hall–Kier alpha value is -0.410. The third kappa shape index (κ3) is 3.32. The summed E-state index contributed by atoms with van der Waals surface area (Å²) < 4.78 is 0. The van der Waals surface area contributed by atoms with Gasteiger partial charge < -0.3 is 5.32 Å². The highest BCUT2D eigenvalue weighted by Gasteiger charge is 1.97. The van der Waals surface area contributed by atoms with E-state index in [-0.39, 0.29) is 0 Å². The molecule has 3 heteroatoms. The van der Waals surface area contributed by atoms with Gasteiger partial charge in [-0.1, -0.05) is 0 Å². The number of unbranched alkanes of at least 4 members (excludes halogenated alkanes) is 1. The third-order valence-corrected chi connectivity index (χ3v) is 2.76. The van der Waals surface area contributed by atoms with Crippen LogP contribution in [0.5, 0.6) is 0 Å². The van der Waals surface area contributed by atoms with Crippen molar-refractivity contribution in [2.24, 2.45) is 0 Å². The number of hydrogen-bond acceptors (Lipinski definition) is 3. The normalized spacial score (nSPS) is 10.5. The maximum Gasteiger partial charge on any atom is 0.0928 e. The van der Waals surface area contributed by atoms with Crippen LogP contribution in [0.4, 0.5) is 0 Å². The fourth-order valence-electron chi connectivity index (χ4n) is 1.10. The minimum Gasteiger partial charge on any atom is -0.320 e. The molecule has 1 rings (SSSR count). The quantitative estimate of drug-likeness (QED) is 0.708. The molecule has 0 unspecified atom stereocenters. The number of nitrogens with zero attached hydrogens (tertiary/aromatic N) is 1. The van der Waals surface area contributed by atoms with Gasteiger partial charge in [-0.15, -0.1) is 11.3 Å². The molecule has 0 amide bonds. The Kier molecular flexibility index (Phi) is 4.25. The molecule has 0 aliphatic carbocycles. The molecule has 0 saturated heterocycles. The van der Waals surface area contributed by atoms with E-state index in [0.29, 0.717) is 0 Å². The van der Waals surface area contributed by atoms with E-state index in [1.165, 1.54) is 17.8 Å². The van der Waals surface area contributed by atoms with Crippen molar-refractivity contribution in [1.82, 2.24) is 10.3 Å². The van der Waals surface area contributed by atoms with E-state index >= 15 is 0 Å². The second kappa shape index (κ2) is 5.27. The number of thiazole rings is 1. The van der Waals surface area contributed by atoms with Gasteiger partial charge in [0.1, 0.15) is 0 Å². The summed E-state index contributed by atoms with van der Waals surface area (Å²) in [6, 6.07) is 0. The highest BCUT2D eigenvalue weighted by Crippen LogP contribution is 2.11. The maximum absolute atomic E-state index is 4.41. The Bertz CT molecular complexity index is 220. The fourth-order valence-corrected chi connectivity index (χ4v) is 1.91. The van der Waals surface area contributed by atoms with Gasteiger partial charge in [-0.25, -0.2) is 4.98 Å². The summed E-state index contributed by atoms with van der Waals surface area (Å²) in [4.78, 5) is 4.41.